The monoisotopic (exact) mass is 299 g/mol. The molecule has 0 aliphatic rings. The van der Waals surface area contributed by atoms with Gasteiger partial charge in [0, 0.05) is 11.0 Å². The van der Waals surface area contributed by atoms with Gasteiger partial charge < -0.3 is 4.74 Å². The molecule has 2 N–H and O–H groups in total. The number of nitrogens with two attached hydrogens (primary N) is 1. The van der Waals surface area contributed by atoms with Gasteiger partial charge in [0.05, 0.1) is 12.4 Å². The van der Waals surface area contributed by atoms with Crippen LogP contribution in [0.2, 0.25) is 0 Å². The van der Waals surface area contributed by atoms with Crippen LogP contribution in [0.3, 0.4) is 0 Å². The molecule has 8 nitrogen and oxygen atoms in total. The van der Waals surface area contributed by atoms with Crippen LogP contribution in [0.25, 0.3) is 5.65 Å². The molecule has 0 unspecified atom stereocenters. The van der Waals surface area contributed by atoms with Crippen molar-refractivity contribution < 1.29 is 13.2 Å². The van der Waals surface area contributed by atoms with Gasteiger partial charge in [0.2, 0.25) is 15.9 Å². The minimum Gasteiger partial charge on any atom is -0.476 e. The SMILES string of the molecule is Cc1cc2nncn2nc1OCC(C)(C)CS(N)(=O)=O. The van der Waals surface area contributed by atoms with E-state index in [-0.39, 0.29) is 12.4 Å². The lowest BCUT2D eigenvalue weighted by atomic mass is 9.98. The minimum absolute atomic E-state index is 0.159. The van der Waals surface area contributed by atoms with Gasteiger partial charge in [0.1, 0.15) is 6.33 Å². The molecule has 0 radical (unpaired) electrons. The Morgan fingerprint density at radius 3 is 2.80 bits per heavy atom. The normalized spacial score (nSPS) is 12.8. The second-order valence-electron chi connectivity index (χ2n) is 5.53. The highest BCUT2D eigenvalue weighted by Gasteiger charge is 2.25. The summed E-state index contributed by atoms with van der Waals surface area (Å²) in [4.78, 5) is 0. The molecule has 9 heteroatoms. The fourth-order valence-electron chi connectivity index (χ4n) is 1.84. The number of aromatic nitrogens is 4. The molecular formula is C11H17N5O3S. The maximum absolute atomic E-state index is 11.2. The van der Waals surface area contributed by atoms with Crippen molar-refractivity contribution in [2.75, 3.05) is 12.4 Å². The highest BCUT2D eigenvalue weighted by atomic mass is 32.2. The summed E-state index contributed by atoms with van der Waals surface area (Å²) in [7, 11) is -3.55. The van der Waals surface area contributed by atoms with Crippen molar-refractivity contribution in [3.8, 4) is 5.88 Å². The molecule has 0 aliphatic carbocycles. The van der Waals surface area contributed by atoms with Gasteiger partial charge in [-0.25, -0.2) is 13.6 Å². The predicted octanol–water partition coefficient (Wildman–Crippen LogP) is 0.126. The molecule has 2 heterocycles. The van der Waals surface area contributed by atoms with Crippen molar-refractivity contribution in [1.82, 2.24) is 19.8 Å². The van der Waals surface area contributed by atoms with E-state index >= 15 is 0 Å². The first-order chi connectivity index (χ1) is 9.16. The minimum atomic E-state index is -3.55. The van der Waals surface area contributed by atoms with Gasteiger partial charge in [-0.15, -0.1) is 15.3 Å². The summed E-state index contributed by atoms with van der Waals surface area (Å²) in [6, 6.07) is 1.79. The fourth-order valence-corrected chi connectivity index (χ4v) is 3.01. The molecule has 110 valence electrons. The molecule has 0 saturated carbocycles. The van der Waals surface area contributed by atoms with Gasteiger partial charge in [-0.2, -0.15) is 4.52 Å². The van der Waals surface area contributed by atoms with Crippen LogP contribution in [0.1, 0.15) is 19.4 Å². The number of hydrogen-bond donors (Lipinski definition) is 1. The largest absolute Gasteiger partial charge is 0.476 e. The highest BCUT2D eigenvalue weighted by molar-refractivity contribution is 7.89. The Hall–Kier alpha value is -1.74. The maximum atomic E-state index is 11.2. The molecule has 0 aliphatic heterocycles. The molecule has 0 fully saturated rings. The zero-order valence-electron chi connectivity index (χ0n) is 11.6. The van der Waals surface area contributed by atoms with Crippen LogP contribution in [0, 0.1) is 12.3 Å². The van der Waals surface area contributed by atoms with Crippen LogP contribution in [-0.4, -0.2) is 40.6 Å². The van der Waals surface area contributed by atoms with E-state index < -0.39 is 15.4 Å². The number of nitrogens with zero attached hydrogens (tertiary/aromatic N) is 4. The summed E-state index contributed by atoms with van der Waals surface area (Å²) in [5.41, 5.74) is 0.819. The topological polar surface area (TPSA) is 112 Å². The van der Waals surface area contributed by atoms with E-state index in [0.29, 0.717) is 11.5 Å². The average molecular weight is 299 g/mol. The van der Waals surface area contributed by atoms with Gasteiger partial charge in [-0.05, 0) is 13.0 Å². The fraction of sp³-hybridized carbons (Fsp3) is 0.545. The zero-order valence-corrected chi connectivity index (χ0v) is 12.4. The zero-order chi connectivity index (χ0) is 15.0. The smallest absolute Gasteiger partial charge is 0.234 e. The third kappa shape index (κ3) is 3.64. The second kappa shape index (κ2) is 4.98. The molecule has 0 saturated heterocycles. The first-order valence-electron chi connectivity index (χ1n) is 5.97. The summed E-state index contributed by atoms with van der Waals surface area (Å²) in [6.45, 7) is 5.56. The number of sulfonamides is 1. The highest BCUT2D eigenvalue weighted by Crippen LogP contribution is 2.21. The van der Waals surface area contributed by atoms with E-state index in [4.69, 9.17) is 9.88 Å². The van der Waals surface area contributed by atoms with Crippen molar-refractivity contribution in [2.24, 2.45) is 10.6 Å². The van der Waals surface area contributed by atoms with E-state index in [2.05, 4.69) is 15.3 Å². The second-order valence-corrected chi connectivity index (χ2v) is 7.14. The van der Waals surface area contributed by atoms with Crippen molar-refractivity contribution >= 4 is 15.7 Å². The van der Waals surface area contributed by atoms with Crippen LogP contribution in [0.4, 0.5) is 0 Å². The first-order valence-corrected chi connectivity index (χ1v) is 7.69. The Kier molecular flexibility index (Phi) is 3.65. The lowest BCUT2D eigenvalue weighted by molar-refractivity contribution is 0.190. The molecule has 0 spiro atoms. The van der Waals surface area contributed by atoms with E-state index in [1.165, 1.54) is 10.8 Å². The Morgan fingerprint density at radius 2 is 2.15 bits per heavy atom. The molecule has 0 aromatic carbocycles. The van der Waals surface area contributed by atoms with Crippen molar-refractivity contribution in [3.05, 3.63) is 18.0 Å². The third-order valence-electron chi connectivity index (χ3n) is 2.63. The Balaban J connectivity index is 2.14. The summed E-state index contributed by atoms with van der Waals surface area (Å²) in [5, 5.41) is 16.9. The number of primary sulfonamides is 1. The van der Waals surface area contributed by atoms with Gasteiger partial charge in [-0.1, -0.05) is 13.8 Å². The van der Waals surface area contributed by atoms with Gasteiger partial charge in [-0.3, -0.25) is 0 Å². The van der Waals surface area contributed by atoms with Crippen LogP contribution in [-0.2, 0) is 10.0 Å². The average Bonchev–Trinajstić information content (AvgIpc) is 2.69. The Morgan fingerprint density at radius 1 is 1.45 bits per heavy atom. The van der Waals surface area contributed by atoms with E-state index in [1.807, 2.05) is 6.92 Å². The predicted molar refractivity (Wildman–Crippen MR) is 72.8 cm³/mol. The number of ether oxygens (including phenoxy) is 1. The Bertz CT molecular complexity index is 723. The van der Waals surface area contributed by atoms with E-state index in [1.54, 1.807) is 19.9 Å². The molecule has 2 aromatic heterocycles. The number of hydrogen-bond acceptors (Lipinski definition) is 6. The first kappa shape index (κ1) is 14.7. The van der Waals surface area contributed by atoms with Crippen molar-refractivity contribution in [2.45, 2.75) is 20.8 Å². The van der Waals surface area contributed by atoms with E-state index in [9.17, 15) is 8.42 Å². The lowest BCUT2D eigenvalue weighted by Crippen LogP contribution is -2.33. The molecule has 0 bridgehead atoms. The maximum Gasteiger partial charge on any atom is 0.234 e. The molecule has 20 heavy (non-hydrogen) atoms. The summed E-state index contributed by atoms with van der Waals surface area (Å²) in [5.74, 6) is 0.258. The lowest BCUT2D eigenvalue weighted by Gasteiger charge is -2.23. The van der Waals surface area contributed by atoms with Crippen LogP contribution in [0.15, 0.2) is 12.4 Å². The van der Waals surface area contributed by atoms with Gasteiger partial charge in [0.25, 0.3) is 0 Å². The summed E-state index contributed by atoms with van der Waals surface area (Å²) < 4.78 is 29.4. The standard InChI is InChI=1S/C11H17N5O3S/c1-8-4-9-14-13-7-16(9)15-10(8)19-5-11(2,3)6-20(12,17)18/h4,7H,5-6H2,1-3H3,(H2,12,17,18). The van der Waals surface area contributed by atoms with Gasteiger partial charge in [0.15, 0.2) is 5.65 Å². The van der Waals surface area contributed by atoms with E-state index in [0.717, 1.165) is 5.56 Å². The van der Waals surface area contributed by atoms with Crippen molar-refractivity contribution in [1.29, 1.82) is 0 Å². The molecule has 0 atom stereocenters. The van der Waals surface area contributed by atoms with Gasteiger partial charge >= 0.3 is 0 Å². The third-order valence-corrected chi connectivity index (χ3v) is 3.81. The van der Waals surface area contributed by atoms with Crippen LogP contribution < -0.4 is 9.88 Å². The molecule has 2 aromatic rings. The Labute approximate surface area is 117 Å². The number of rotatable bonds is 5. The quantitative estimate of drug-likeness (QED) is 0.839. The molecule has 2 rings (SSSR count). The molecular weight excluding hydrogens is 282 g/mol. The summed E-state index contributed by atoms with van der Waals surface area (Å²) >= 11 is 0. The summed E-state index contributed by atoms with van der Waals surface area (Å²) in [6.07, 6.45) is 1.47. The number of fused-ring (bicyclic) bond motifs is 1. The van der Waals surface area contributed by atoms with Crippen LogP contribution >= 0.6 is 0 Å². The van der Waals surface area contributed by atoms with Crippen molar-refractivity contribution in [3.63, 3.8) is 0 Å². The molecule has 0 amide bonds. The van der Waals surface area contributed by atoms with Crippen LogP contribution in [0.5, 0.6) is 5.88 Å². The number of aryl methyl sites for hydroxylation is 1.